The van der Waals surface area contributed by atoms with Crippen LogP contribution in [0.1, 0.15) is 0 Å². The van der Waals surface area contributed by atoms with Gasteiger partial charge < -0.3 is 111 Å². The van der Waals surface area contributed by atoms with Crippen molar-refractivity contribution in [2.24, 2.45) is 0 Å². The third-order valence-electron chi connectivity index (χ3n) is 0. The number of rotatable bonds is 0. The molecule has 0 unspecified atom stereocenters. The Morgan fingerprint density at radius 2 is 0.146 bits per heavy atom. The maximum atomic E-state index is 10.2. The SMILES string of the molecule is [Ag+].[Ag+].[Ag+].[Ag+].[Ag+].[Ag+].[Ag+].[Ag+].[Ag+].[Ag+].[Ag+].[Ag+].[Ag+].[Ag+].[Ag+].[Ag+].[Ag+].[Ag+].[O-][Si]([O-])([O-])F.[O-][Si]([O-])([O-])F.[O-][Si]([O-])([O-])F.[O-][Si]([O-])([O-])F.[O-][Si]([O-])([O-])F.[O-][Si]([O-])([O-])F. The van der Waals surface area contributed by atoms with E-state index in [1.165, 1.54) is 0 Å². The predicted molar refractivity (Wildman–Crippen MR) is 41.2 cm³/mol. The maximum Gasteiger partial charge on any atom is 1.00 e. The van der Waals surface area contributed by atoms with E-state index in [9.17, 15) is 24.6 Å². The van der Waals surface area contributed by atoms with Crippen LogP contribution in [0.4, 0.5) is 24.6 Å². The molecule has 48 heavy (non-hydrogen) atoms. The van der Waals surface area contributed by atoms with E-state index < -0.39 is 54.8 Å². The van der Waals surface area contributed by atoms with E-state index in [0.717, 1.165) is 0 Å². The number of hydrogen-bond donors (Lipinski definition) is 0. The van der Waals surface area contributed by atoms with Gasteiger partial charge in [0.05, 0.1) is 0 Å². The van der Waals surface area contributed by atoms with Crippen LogP contribution in [-0.2, 0) is 403 Å². The van der Waals surface area contributed by atoms with Crippen molar-refractivity contribution in [1.82, 2.24) is 0 Å². The fourth-order valence-corrected chi connectivity index (χ4v) is 0. The molecule has 48 heteroatoms. The number of hydrogen-bond acceptors (Lipinski definition) is 18. The third kappa shape index (κ3) is 1120. The molecular formula is Ag18F6O18Si6. The standard InChI is InChI=1S/18Ag.6FO3Si/c;;;;;;;;;;;;;;;;;;6*1-5(2,3)4/q18*+1;6*-3. The summed E-state index contributed by atoms with van der Waals surface area (Å²) in [4.78, 5) is 152. The molecule has 0 aromatic rings. The van der Waals surface area contributed by atoms with Gasteiger partial charge in [-0.3, -0.25) is 0 Å². The van der Waals surface area contributed by atoms with E-state index in [1.807, 2.05) is 0 Å². The topological polar surface area (TPSA) is 415 Å². The summed E-state index contributed by atoms with van der Waals surface area (Å²) in [5.41, 5.74) is 0. The Hall–Kier alpha value is 13.5. The van der Waals surface area contributed by atoms with E-state index in [2.05, 4.69) is 0 Å². The van der Waals surface area contributed by atoms with Crippen LogP contribution in [0.2, 0.25) is 0 Å². The minimum absolute atomic E-state index is 0. The Balaban J connectivity index is -0.00000000609. The zero-order chi connectivity index (χ0) is 27.0. The summed E-state index contributed by atoms with van der Waals surface area (Å²) in [6.45, 7) is 0. The second-order valence-corrected chi connectivity index (χ2v) is 8.67. The van der Waals surface area contributed by atoms with E-state index in [1.54, 1.807) is 0 Å². The summed E-state index contributed by atoms with van der Waals surface area (Å²) in [6.07, 6.45) is 0. The van der Waals surface area contributed by atoms with Crippen molar-refractivity contribution in [3.63, 3.8) is 0 Å². The van der Waals surface area contributed by atoms with Gasteiger partial charge in [0.15, 0.2) is 0 Å². The first kappa shape index (κ1) is 160. The molecule has 0 amide bonds. The van der Waals surface area contributed by atoms with Crippen molar-refractivity contribution < 1.29 is 514 Å². The summed E-state index contributed by atoms with van der Waals surface area (Å²) in [5, 5.41) is 0. The summed E-state index contributed by atoms with van der Waals surface area (Å²) < 4.78 is 61.0. The zero-order valence-electron chi connectivity index (χ0n) is 18.0. The molecule has 0 bridgehead atoms. The van der Waals surface area contributed by atoms with Crippen LogP contribution in [0, 0.1) is 0 Å². The van der Waals surface area contributed by atoms with Gasteiger partial charge in [0, 0.05) is 0 Å². The second-order valence-electron chi connectivity index (χ2n) is 2.89. The average Bonchev–Trinajstić information content (AvgIpc) is 1.94. The molecule has 0 rings (SSSR count). The fraction of sp³-hybridized carbons (Fsp3) is 0. The van der Waals surface area contributed by atoms with Gasteiger partial charge in [-0.25, -0.2) is 0 Å². The molecule has 18 nitrogen and oxygen atoms in total. The fourth-order valence-electron chi connectivity index (χ4n) is 0. The van der Waals surface area contributed by atoms with Crippen LogP contribution < -0.4 is 86.3 Å². The van der Waals surface area contributed by atoms with Crippen molar-refractivity contribution >= 4 is 54.8 Å². The molecule has 372 valence electrons. The van der Waals surface area contributed by atoms with Crippen molar-refractivity contribution in [2.45, 2.75) is 0 Å². The summed E-state index contributed by atoms with van der Waals surface area (Å²) in [7, 11) is -35.2. The summed E-state index contributed by atoms with van der Waals surface area (Å²) in [5.74, 6) is 0. The average molecular weight is 2510 g/mol. The third-order valence-corrected chi connectivity index (χ3v) is 0. The molecule has 0 spiro atoms. The first-order valence-electron chi connectivity index (χ1n) is 4.81. The molecule has 0 aliphatic rings. The number of halogens is 6. The molecule has 0 fully saturated rings. The quantitative estimate of drug-likeness (QED) is 0.123. The Morgan fingerprint density at radius 1 is 0.146 bits per heavy atom. The molecule has 0 atom stereocenters. The molecule has 0 N–H and O–H groups in total. The molecule has 0 radical (unpaired) electrons. The van der Waals surface area contributed by atoms with E-state index in [-0.39, 0.29) is 403 Å². The maximum absolute atomic E-state index is 10.2. The molecule has 0 saturated carbocycles. The van der Waals surface area contributed by atoms with Crippen LogP contribution in [0.3, 0.4) is 0 Å². The minimum Gasteiger partial charge on any atom is -0.857 e. The van der Waals surface area contributed by atoms with Gasteiger partial charge in [-0.05, 0) is 0 Å². The Labute approximate surface area is 556 Å². The smallest absolute Gasteiger partial charge is 0.857 e. The molecule has 0 aromatic carbocycles. The van der Waals surface area contributed by atoms with Gasteiger partial charge in [-0.1, -0.05) is 54.8 Å². The Kier molecular flexibility index (Phi) is 291. The van der Waals surface area contributed by atoms with Gasteiger partial charge in [0.25, 0.3) is 0 Å². The van der Waals surface area contributed by atoms with Crippen molar-refractivity contribution in [1.29, 1.82) is 0 Å². The monoisotopic (exact) mass is 2490 g/mol. The van der Waals surface area contributed by atoms with Crippen molar-refractivity contribution in [3.05, 3.63) is 0 Å². The van der Waals surface area contributed by atoms with Crippen LogP contribution >= 0.6 is 0 Å². The normalized spacial score (nSPS) is 7.50. The van der Waals surface area contributed by atoms with E-state index in [4.69, 9.17) is 86.3 Å². The van der Waals surface area contributed by atoms with Crippen LogP contribution in [0.25, 0.3) is 0 Å². The van der Waals surface area contributed by atoms with Gasteiger partial charge in [0.1, 0.15) is 0 Å². The van der Waals surface area contributed by atoms with Crippen LogP contribution in [0.15, 0.2) is 0 Å². The minimum atomic E-state index is -5.86. The van der Waals surface area contributed by atoms with Gasteiger partial charge in [-0.2, -0.15) is 0 Å². The van der Waals surface area contributed by atoms with Crippen LogP contribution in [-0.4, -0.2) is 54.8 Å². The largest absolute Gasteiger partial charge is 1.00 e. The Bertz CT molecular complexity index is 273. The first-order valence-corrected chi connectivity index (χ1v) is 14.4. The van der Waals surface area contributed by atoms with E-state index >= 15 is 0 Å². The molecule has 0 heterocycles. The van der Waals surface area contributed by atoms with Crippen molar-refractivity contribution in [2.75, 3.05) is 0 Å². The van der Waals surface area contributed by atoms with Gasteiger partial charge in [-0.15, -0.1) is 0 Å². The van der Waals surface area contributed by atoms with Gasteiger partial charge >= 0.3 is 403 Å². The van der Waals surface area contributed by atoms with E-state index in [0.29, 0.717) is 0 Å². The zero-order valence-corrected chi connectivity index (χ0v) is 50.7. The predicted octanol–water partition coefficient (Wildman–Crippen LogP) is -21.2. The molecular weight excluding hydrogens is 2510 g/mol. The first-order chi connectivity index (χ1) is 12.0. The van der Waals surface area contributed by atoms with Crippen LogP contribution in [0.5, 0.6) is 0 Å². The molecule has 0 aliphatic heterocycles. The van der Waals surface area contributed by atoms with Gasteiger partial charge in [0.2, 0.25) is 0 Å². The molecule has 0 aliphatic carbocycles. The Morgan fingerprint density at radius 3 is 0.146 bits per heavy atom. The summed E-state index contributed by atoms with van der Waals surface area (Å²) >= 11 is 0. The molecule has 0 saturated heterocycles. The summed E-state index contributed by atoms with van der Waals surface area (Å²) in [6, 6.07) is 0. The second kappa shape index (κ2) is 87.4. The molecule has 0 aromatic heterocycles. The van der Waals surface area contributed by atoms with Crippen molar-refractivity contribution in [3.8, 4) is 0 Å².